The van der Waals surface area contributed by atoms with Crippen molar-refractivity contribution in [2.75, 3.05) is 33.3 Å². The standard InChI is InChI=1S/C13H22N2O2/c1-3-12(13-5-4-7-17-13)14-9-11-10-15(2)6-8-16-11/h4-5,7,11-12,14H,3,6,8-10H2,1-2H3. The van der Waals surface area contributed by atoms with Gasteiger partial charge in [0, 0.05) is 19.6 Å². The highest BCUT2D eigenvalue weighted by molar-refractivity contribution is 5.04. The predicted octanol–water partition coefficient (Wildman–Crippen LogP) is 1.65. The van der Waals surface area contributed by atoms with E-state index in [1.807, 2.05) is 12.1 Å². The summed E-state index contributed by atoms with van der Waals surface area (Å²) in [7, 11) is 2.14. The van der Waals surface area contributed by atoms with Gasteiger partial charge in [0.2, 0.25) is 0 Å². The van der Waals surface area contributed by atoms with Crippen molar-refractivity contribution < 1.29 is 9.15 Å². The van der Waals surface area contributed by atoms with Gasteiger partial charge in [-0.15, -0.1) is 0 Å². The fourth-order valence-corrected chi connectivity index (χ4v) is 2.20. The minimum absolute atomic E-state index is 0.290. The average Bonchev–Trinajstić information content (AvgIpc) is 2.84. The molecule has 0 saturated carbocycles. The Morgan fingerprint density at radius 1 is 1.59 bits per heavy atom. The van der Waals surface area contributed by atoms with Gasteiger partial charge in [-0.1, -0.05) is 6.92 Å². The number of rotatable bonds is 5. The molecule has 0 amide bonds. The summed E-state index contributed by atoms with van der Waals surface area (Å²) < 4.78 is 11.2. The molecule has 1 fully saturated rings. The van der Waals surface area contributed by atoms with Crippen molar-refractivity contribution in [3.8, 4) is 0 Å². The van der Waals surface area contributed by atoms with E-state index in [1.54, 1.807) is 6.26 Å². The topological polar surface area (TPSA) is 37.6 Å². The summed E-state index contributed by atoms with van der Waals surface area (Å²) in [5.41, 5.74) is 0. The number of morpholine rings is 1. The van der Waals surface area contributed by atoms with Crippen molar-refractivity contribution in [1.82, 2.24) is 10.2 Å². The van der Waals surface area contributed by atoms with Gasteiger partial charge >= 0.3 is 0 Å². The lowest BCUT2D eigenvalue weighted by Crippen LogP contribution is -2.45. The van der Waals surface area contributed by atoms with Crippen LogP contribution in [0.25, 0.3) is 0 Å². The van der Waals surface area contributed by atoms with Gasteiger partial charge in [0.15, 0.2) is 0 Å². The summed E-state index contributed by atoms with van der Waals surface area (Å²) in [6.45, 7) is 5.91. The van der Waals surface area contributed by atoms with E-state index in [0.717, 1.165) is 38.4 Å². The highest BCUT2D eigenvalue weighted by atomic mass is 16.5. The molecule has 0 bridgehead atoms. The van der Waals surface area contributed by atoms with E-state index in [0.29, 0.717) is 6.04 Å². The van der Waals surface area contributed by atoms with E-state index >= 15 is 0 Å². The third-order valence-electron chi connectivity index (χ3n) is 3.23. The first-order valence-electron chi connectivity index (χ1n) is 6.36. The van der Waals surface area contributed by atoms with Gasteiger partial charge in [-0.3, -0.25) is 0 Å². The summed E-state index contributed by atoms with van der Waals surface area (Å²) in [6.07, 6.45) is 3.04. The molecule has 1 aliphatic rings. The Morgan fingerprint density at radius 3 is 3.12 bits per heavy atom. The van der Waals surface area contributed by atoms with Gasteiger partial charge in [0.05, 0.1) is 25.0 Å². The van der Waals surface area contributed by atoms with Gasteiger partial charge in [-0.05, 0) is 25.6 Å². The maximum Gasteiger partial charge on any atom is 0.120 e. The largest absolute Gasteiger partial charge is 0.468 e. The van der Waals surface area contributed by atoms with Crippen LogP contribution < -0.4 is 5.32 Å². The van der Waals surface area contributed by atoms with Crippen molar-refractivity contribution in [3.05, 3.63) is 24.2 Å². The summed E-state index contributed by atoms with van der Waals surface area (Å²) in [4.78, 5) is 2.31. The summed E-state index contributed by atoms with van der Waals surface area (Å²) in [6, 6.07) is 4.25. The van der Waals surface area contributed by atoms with Gasteiger partial charge < -0.3 is 19.4 Å². The molecule has 2 rings (SSSR count). The summed E-state index contributed by atoms with van der Waals surface area (Å²) in [5.74, 6) is 1.01. The molecule has 2 unspecified atom stereocenters. The van der Waals surface area contributed by atoms with Gasteiger partial charge in [0.25, 0.3) is 0 Å². The van der Waals surface area contributed by atoms with E-state index in [9.17, 15) is 0 Å². The predicted molar refractivity (Wildman–Crippen MR) is 67.0 cm³/mol. The third-order valence-corrected chi connectivity index (χ3v) is 3.23. The first kappa shape index (κ1) is 12.6. The van der Waals surface area contributed by atoms with Gasteiger partial charge in [-0.2, -0.15) is 0 Å². The second-order valence-electron chi connectivity index (χ2n) is 4.64. The number of likely N-dealkylation sites (N-methyl/N-ethyl adjacent to an activating group) is 1. The van der Waals surface area contributed by atoms with Crippen molar-refractivity contribution in [1.29, 1.82) is 0 Å². The molecule has 1 aromatic rings. The fourth-order valence-electron chi connectivity index (χ4n) is 2.20. The van der Waals surface area contributed by atoms with E-state index in [-0.39, 0.29) is 6.10 Å². The normalized spacial score (nSPS) is 23.8. The molecule has 2 heterocycles. The number of hydrogen-bond acceptors (Lipinski definition) is 4. The maximum absolute atomic E-state index is 5.73. The zero-order valence-electron chi connectivity index (χ0n) is 10.7. The second kappa shape index (κ2) is 6.19. The molecule has 0 aromatic carbocycles. The highest BCUT2D eigenvalue weighted by Crippen LogP contribution is 2.17. The van der Waals surface area contributed by atoms with Crippen LogP contribution >= 0.6 is 0 Å². The lowest BCUT2D eigenvalue weighted by atomic mass is 10.1. The molecule has 4 nitrogen and oxygen atoms in total. The van der Waals surface area contributed by atoms with Crippen molar-refractivity contribution in [3.63, 3.8) is 0 Å². The molecule has 1 saturated heterocycles. The zero-order chi connectivity index (χ0) is 12.1. The van der Waals surface area contributed by atoms with Gasteiger partial charge in [0.1, 0.15) is 5.76 Å². The lowest BCUT2D eigenvalue weighted by molar-refractivity contribution is -0.0196. The van der Waals surface area contributed by atoms with Crippen LogP contribution in [-0.4, -0.2) is 44.3 Å². The number of nitrogens with zero attached hydrogens (tertiary/aromatic N) is 1. The van der Waals surface area contributed by atoms with Crippen LogP contribution in [-0.2, 0) is 4.74 Å². The molecular formula is C13H22N2O2. The van der Waals surface area contributed by atoms with E-state index in [2.05, 4.69) is 24.2 Å². The Kier molecular flexibility index (Phi) is 4.59. The Morgan fingerprint density at radius 2 is 2.47 bits per heavy atom. The van der Waals surface area contributed by atoms with Crippen LogP contribution in [0.5, 0.6) is 0 Å². The molecule has 1 aliphatic heterocycles. The third kappa shape index (κ3) is 3.56. The van der Waals surface area contributed by atoms with Crippen LogP contribution in [0.2, 0.25) is 0 Å². The first-order chi connectivity index (χ1) is 8.29. The Bertz CT molecular complexity index is 313. The smallest absolute Gasteiger partial charge is 0.120 e. The SMILES string of the molecule is CCC(NCC1CN(C)CCO1)c1ccco1. The molecule has 96 valence electrons. The van der Waals surface area contributed by atoms with Crippen LogP contribution in [0.4, 0.5) is 0 Å². The molecule has 17 heavy (non-hydrogen) atoms. The van der Waals surface area contributed by atoms with Crippen molar-refractivity contribution in [2.45, 2.75) is 25.5 Å². The minimum Gasteiger partial charge on any atom is -0.468 e. The van der Waals surface area contributed by atoms with E-state index in [4.69, 9.17) is 9.15 Å². The zero-order valence-corrected chi connectivity index (χ0v) is 10.7. The Labute approximate surface area is 103 Å². The Hall–Kier alpha value is -0.840. The number of nitrogens with one attached hydrogen (secondary N) is 1. The molecule has 2 atom stereocenters. The van der Waals surface area contributed by atoms with Crippen molar-refractivity contribution >= 4 is 0 Å². The molecule has 0 spiro atoms. The molecule has 0 radical (unpaired) electrons. The summed E-state index contributed by atoms with van der Waals surface area (Å²) >= 11 is 0. The van der Waals surface area contributed by atoms with Crippen LogP contribution in [0.3, 0.4) is 0 Å². The summed E-state index contributed by atoms with van der Waals surface area (Å²) in [5, 5.41) is 3.52. The molecule has 1 N–H and O–H groups in total. The number of hydrogen-bond donors (Lipinski definition) is 1. The minimum atomic E-state index is 0.290. The second-order valence-corrected chi connectivity index (χ2v) is 4.64. The molecule has 1 aromatic heterocycles. The van der Waals surface area contributed by atoms with Crippen LogP contribution in [0.15, 0.2) is 22.8 Å². The van der Waals surface area contributed by atoms with Crippen LogP contribution in [0.1, 0.15) is 25.1 Å². The first-order valence-corrected chi connectivity index (χ1v) is 6.36. The molecular weight excluding hydrogens is 216 g/mol. The average molecular weight is 238 g/mol. The number of furan rings is 1. The van der Waals surface area contributed by atoms with Crippen LogP contribution in [0, 0.1) is 0 Å². The maximum atomic E-state index is 5.73. The highest BCUT2D eigenvalue weighted by Gasteiger charge is 2.19. The Balaban J connectivity index is 1.80. The van der Waals surface area contributed by atoms with Gasteiger partial charge in [-0.25, -0.2) is 0 Å². The number of ether oxygens (including phenoxy) is 1. The van der Waals surface area contributed by atoms with Crippen molar-refractivity contribution in [2.24, 2.45) is 0 Å². The fraction of sp³-hybridized carbons (Fsp3) is 0.692. The lowest BCUT2D eigenvalue weighted by Gasteiger charge is -2.31. The molecule has 4 heteroatoms. The molecule has 0 aliphatic carbocycles. The van der Waals surface area contributed by atoms with E-state index in [1.165, 1.54) is 0 Å². The monoisotopic (exact) mass is 238 g/mol. The quantitative estimate of drug-likeness (QED) is 0.846. The van der Waals surface area contributed by atoms with E-state index < -0.39 is 0 Å².